The number of nitrogens with zero attached hydrogens (tertiary/aromatic N) is 3. The SMILES string of the molecule is CCn1ncnc1C(C)NC1Cc2ccccc2C1. The van der Waals surface area contributed by atoms with Crippen LogP contribution < -0.4 is 5.32 Å². The van der Waals surface area contributed by atoms with Gasteiger partial charge < -0.3 is 5.32 Å². The van der Waals surface area contributed by atoms with Crippen molar-refractivity contribution in [3.05, 3.63) is 47.5 Å². The molecule has 100 valence electrons. The van der Waals surface area contributed by atoms with Crippen molar-refractivity contribution in [1.29, 1.82) is 0 Å². The maximum Gasteiger partial charge on any atom is 0.143 e. The Morgan fingerprint density at radius 1 is 1.32 bits per heavy atom. The number of rotatable bonds is 4. The van der Waals surface area contributed by atoms with Crippen LogP contribution in [0.15, 0.2) is 30.6 Å². The molecule has 1 atom stereocenters. The predicted octanol–water partition coefficient (Wildman–Crippen LogP) is 2.12. The molecule has 3 rings (SSSR count). The van der Waals surface area contributed by atoms with Gasteiger partial charge in [0.2, 0.25) is 0 Å². The number of aryl methyl sites for hydroxylation is 1. The van der Waals surface area contributed by atoms with Crippen molar-refractivity contribution >= 4 is 0 Å². The molecule has 0 spiro atoms. The van der Waals surface area contributed by atoms with Gasteiger partial charge in [-0.15, -0.1) is 0 Å². The van der Waals surface area contributed by atoms with E-state index in [4.69, 9.17) is 0 Å². The first-order valence-electron chi connectivity index (χ1n) is 6.98. The molecule has 0 aliphatic heterocycles. The van der Waals surface area contributed by atoms with Gasteiger partial charge in [0, 0.05) is 12.6 Å². The van der Waals surface area contributed by atoms with Crippen LogP contribution in [-0.2, 0) is 19.4 Å². The van der Waals surface area contributed by atoms with Gasteiger partial charge in [-0.25, -0.2) is 9.67 Å². The van der Waals surface area contributed by atoms with Crippen molar-refractivity contribution in [2.24, 2.45) is 0 Å². The van der Waals surface area contributed by atoms with E-state index in [1.165, 1.54) is 11.1 Å². The quantitative estimate of drug-likeness (QED) is 0.911. The summed E-state index contributed by atoms with van der Waals surface area (Å²) in [6.45, 7) is 5.13. The summed E-state index contributed by atoms with van der Waals surface area (Å²) in [5.74, 6) is 1.03. The second-order valence-electron chi connectivity index (χ2n) is 5.20. The van der Waals surface area contributed by atoms with E-state index in [1.54, 1.807) is 6.33 Å². The highest BCUT2D eigenvalue weighted by atomic mass is 15.3. The van der Waals surface area contributed by atoms with Crippen LogP contribution in [0.25, 0.3) is 0 Å². The van der Waals surface area contributed by atoms with Gasteiger partial charge in [0.05, 0.1) is 6.04 Å². The first-order chi connectivity index (χ1) is 9.28. The number of nitrogens with one attached hydrogen (secondary N) is 1. The predicted molar refractivity (Wildman–Crippen MR) is 74.9 cm³/mol. The van der Waals surface area contributed by atoms with Crippen LogP contribution in [0.1, 0.15) is 36.8 Å². The zero-order valence-electron chi connectivity index (χ0n) is 11.5. The van der Waals surface area contributed by atoms with Crippen molar-refractivity contribution in [3.63, 3.8) is 0 Å². The molecular formula is C15H20N4. The highest BCUT2D eigenvalue weighted by Crippen LogP contribution is 2.23. The molecule has 1 aromatic carbocycles. The average molecular weight is 256 g/mol. The lowest BCUT2D eigenvalue weighted by Crippen LogP contribution is -2.33. The van der Waals surface area contributed by atoms with Crippen LogP contribution >= 0.6 is 0 Å². The summed E-state index contributed by atoms with van der Waals surface area (Å²) >= 11 is 0. The molecule has 1 heterocycles. The summed E-state index contributed by atoms with van der Waals surface area (Å²) in [7, 11) is 0. The maximum absolute atomic E-state index is 4.37. The molecule has 0 saturated carbocycles. The number of aromatic nitrogens is 3. The van der Waals surface area contributed by atoms with Crippen LogP contribution in [-0.4, -0.2) is 20.8 Å². The summed E-state index contributed by atoms with van der Waals surface area (Å²) in [5.41, 5.74) is 2.95. The standard InChI is InChI=1S/C15H20N4/c1-3-19-15(16-10-17-19)11(2)18-14-8-12-6-4-5-7-13(12)9-14/h4-7,10-11,14,18H,3,8-9H2,1-2H3. The fourth-order valence-corrected chi connectivity index (χ4v) is 2.96. The third kappa shape index (κ3) is 2.40. The van der Waals surface area contributed by atoms with Gasteiger partial charge in [0.25, 0.3) is 0 Å². The molecule has 4 nitrogen and oxygen atoms in total. The second-order valence-corrected chi connectivity index (χ2v) is 5.20. The lowest BCUT2D eigenvalue weighted by Gasteiger charge is -2.18. The zero-order valence-corrected chi connectivity index (χ0v) is 11.5. The third-order valence-corrected chi connectivity index (χ3v) is 3.87. The van der Waals surface area contributed by atoms with Crippen LogP contribution in [0, 0.1) is 0 Å². The van der Waals surface area contributed by atoms with E-state index >= 15 is 0 Å². The molecular weight excluding hydrogens is 236 g/mol. The molecule has 0 radical (unpaired) electrons. The summed E-state index contributed by atoms with van der Waals surface area (Å²) in [4.78, 5) is 4.37. The molecule has 1 aliphatic rings. The minimum absolute atomic E-state index is 0.238. The van der Waals surface area contributed by atoms with Crippen molar-refractivity contribution in [3.8, 4) is 0 Å². The highest BCUT2D eigenvalue weighted by Gasteiger charge is 2.23. The minimum Gasteiger partial charge on any atom is -0.304 e. The van der Waals surface area contributed by atoms with Gasteiger partial charge in [-0.05, 0) is 37.8 Å². The first-order valence-corrected chi connectivity index (χ1v) is 6.98. The molecule has 0 amide bonds. The normalized spacial score (nSPS) is 16.5. The van der Waals surface area contributed by atoms with E-state index in [0.29, 0.717) is 6.04 Å². The van der Waals surface area contributed by atoms with E-state index in [0.717, 1.165) is 25.2 Å². The van der Waals surface area contributed by atoms with E-state index in [9.17, 15) is 0 Å². The smallest absolute Gasteiger partial charge is 0.143 e. The lowest BCUT2D eigenvalue weighted by molar-refractivity contribution is 0.432. The van der Waals surface area contributed by atoms with Gasteiger partial charge in [0.1, 0.15) is 12.2 Å². The average Bonchev–Trinajstić information content (AvgIpc) is 3.03. The Bertz CT molecular complexity index is 536. The molecule has 2 aromatic rings. The Labute approximate surface area is 113 Å². The lowest BCUT2D eigenvalue weighted by atomic mass is 10.1. The molecule has 0 bridgehead atoms. The van der Waals surface area contributed by atoms with Crippen LogP contribution in [0.4, 0.5) is 0 Å². The van der Waals surface area contributed by atoms with Crippen LogP contribution in [0.3, 0.4) is 0 Å². The molecule has 1 aromatic heterocycles. The summed E-state index contributed by atoms with van der Waals surface area (Å²) in [6.07, 6.45) is 3.86. The van der Waals surface area contributed by atoms with E-state index in [1.807, 2.05) is 4.68 Å². The largest absolute Gasteiger partial charge is 0.304 e. The fraction of sp³-hybridized carbons (Fsp3) is 0.467. The molecule has 0 fully saturated rings. The van der Waals surface area contributed by atoms with Crippen molar-refractivity contribution < 1.29 is 0 Å². The van der Waals surface area contributed by atoms with Gasteiger partial charge in [-0.3, -0.25) is 0 Å². The zero-order chi connectivity index (χ0) is 13.2. The van der Waals surface area contributed by atoms with Gasteiger partial charge in [0.15, 0.2) is 0 Å². The number of benzene rings is 1. The van der Waals surface area contributed by atoms with Gasteiger partial charge in [-0.2, -0.15) is 5.10 Å². The Morgan fingerprint density at radius 2 is 2.00 bits per heavy atom. The maximum atomic E-state index is 4.37. The summed E-state index contributed by atoms with van der Waals surface area (Å²) in [5, 5.41) is 7.91. The Hall–Kier alpha value is -1.68. The molecule has 0 saturated heterocycles. The van der Waals surface area contributed by atoms with Crippen LogP contribution in [0.5, 0.6) is 0 Å². The van der Waals surface area contributed by atoms with Crippen LogP contribution in [0.2, 0.25) is 0 Å². The van der Waals surface area contributed by atoms with Gasteiger partial charge >= 0.3 is 0 Å². The Morgan fingerprint density at radius 3 is 2.63 bits per heavy atom. The van der Waals surface area contributed by atoms with Crippen molar-refractivity contribution in [2.75, 3.05) is 0 Å². The monoisotopic (exact) mass is 256 g/mol. The fourth-order valence-electron chi connectivity index (χ4n) is 2.96. The van der Waals surface area contributed by atoms with E-state index in [-0.39, 0.29) is 6.04 Å². The minimum atomic E-state index is 0.238. The number of fused-ring (bicyclic) bond motifs is 1. The molecule has 1 unspecified atom stereocenters. The van der Waals surface area contributed by atoms with E-state index < -0.39 is 0 Å². The third-order valence-electron chi connectivity index (χ3n) is 3.87. The van der Waals surface area contributed by atoms with E-state index in [2.05, 4.69) is 53.5 Å². The Balaban J connectivity index is 1.68. The number of hydrogen-bond acceptors (Lipinski definition) is 3. The second kappa shape index (κ2) is 5.13. The van der Waals surface area contributed by atoms with Gasteiger partial charge in [-0.1, -0.05) is 24.3 Å². The first kappa shape index (κ1) is 12.4. The summed E-state index contributed by atoms with van der Waals surface area (Å²) < 4.78 is 1.96. The number of hydrogen-bond donors (Lipinski definition) is 1. The van der Waals surface area contributed by atoms with Crippen molar-refractivity contribution in [1.82, 2.24) is 20.1 Å². The highest BCUT2D eigenvalue weighted by molar-refractivity contribution is 5.33. The molecule has 1 aliphatic carbocycles. The van der Waals surface area contributed by atoms with Crippen molar-refractivity contribution in [2.45, 2.75) is 45.3 Å². The molecule has 1 N–H and O–H groups in total. The Kier molecular flexibility index (Phi) is 3.34. The topological polar surface area (TPSA) is 42.7 Å². The molecule has 4 heteroatoms. The summed E-state index contributed by atoms with van der Waals surface area (Å²) in [6, 6.07) is 9.46. The molecule has 19 heavy (non-hydrogen) atoms.